The van der Waals surface area contributed by atoms with Gasteiger partial charge in [-0.1, -0.05) is 61.5 Å². The number of alkyl halides is 3. The lowest BCUT2D eigenvalue weighted by atomic mass is 10.0. The van der Waals surface area contributed by atoms with E-state index in [0.29, 0.717) is 22.8 Å². The Morgan fingerprint density at radius 1 is 1.11 bits per heavy atom. The van der Waals surface area contributed by atoms with Crippen molar-refractivity contribution in [2.45, 2.75) is 33.1 Å². The quantitative estimate of drug-likeness (QED) is 0.205. The number of thioether (sulfide) groups is 1. The van der Waals surface area contributed by atoms with Crippen molar-refractivity contribution in [3.8, 4) is 22.8 Å². The van der Waals surface area contributed by atoms with E-state index in [1.807, 2.05) is 32.0 Å². The average molecular weight is 639 g/mol. The van der Waals surface area contributed by atoms with Gasteiger partial charge in [-0.3, -0.25) is 9.69 Å². The van der Waals surface area contributed by atoms with E-state index >= 15 is 0 Å². The van der Waals surface area contributed by atoms with Gasteiger partial charge in [-0.15, -0.1) is 18.3 Å². The highest BCUT2D eigenvalue weighted by Crippen LogP contribution is 2.31. The first kappa shape index (κ1) is 31.4. The highest BCUT2D eigenvalue weighted by Gasteiger charge is 2.32. The summed E-state index contributed by atoms with van der Waals surface area (Å²) < 4.78 is 57.3. The maximum Gasteiger partial charge on any atom is 0.573 e. The number of nitrogens with zero attached hydrogens (tertiary/aromatic N) is 5. The van der Waals surface area contributed by atoms with Crippen molar-refractivity contribution in [3.63, 3.8) is 0 Å². The third-order valence-corrected chi connectivity index (χ3v) is 7.45. The van der Waals surface area contributed by atoms with E-state index in [1.165, 1.54) is 40.2 Å². The number of halogens is 4. The Kier molecular flexibility index (Phi) is 9.32. The third kappa shape index (κ3) is 7.76. The SMILES string of the molecule is CCCc1ccc(C)cc1N1C(=O)CSC1=NC(=O)N/C=C(\F)c1ccc(-c2ncn(-c3ccc(OC(F)(F)F)cc3)n2)cc1. The van der Waals surface area contributed by atoms with Crippen molar-refractivity contribution >= 4 is 40.4 Å². The second-order valence-electron chi connectivity index (χ2n) is 9.87. The number of rotatable bonds is 8. The number of carbonyl (C=O) groups is 2. The summed E-state index contributed by atoms with van der Waals surface area (Å²) >= 11 is 1.14. The Labute approximate surface area is 259 Å². The molecule has 0 aliphatic carbocycles. The van der Waals surface area contributed by atoms with Gasteiger partial charge in [0.05, 0.1) is 17.1 Å². The molecule has 1 aliphatic rings. The van der Waals surface area contributed by atoms with E-state index in [-0.39, 0.29) is 28.1 Å². The van der Waals surface area contributed by atoms with Crippen LogP contribution in [0.15, 0.2) is 84.2 Å². The molecule has 9 nitrogen and oxygen atoms in total. The standard InChI is InChI=1S/C31H26F4N6O3S/c1-3-4-21-6-5-19(2)15-26(21)41-27(42)17-45-30(41)38-29(43)36-16-25(32)20-7-9-22(10-8-20)28-37-18-40(39-28)23-11-13-24(14-12-23)44-31(33,34)35/h5-16,18H,3-4,17H2,1-2H3,(H,36,43)/b25-16-,38-30?. The van der Waals surface area contributed by atoms with Crippen LogP contribution in [-0.4, -0.2) is 44.0 Å². The number of aromatic nitrogens is 3. The number of nitrogens with one attached hydrogen (secondary N) is 1. The van der Waals surface area contributed by atoms with Gasteiger partial charge in [0.15, 0.2) is 11.0 Å². The van der Waals surface area contributed by atoms with E-state index in [4.69, 9.17) is 0 Å². The number of aliphatic imine (C=N–C) groups is 1. The van der Waals surface area contributed by atoms with Crippen LogP contribution in [0.5, 0.6) is 5.75 Å². The van der Waals surface area contributed by atoms with Gasteiger partial charge in [0, 0.05) is 17.3 Å². The number of carbonyl (C=O) groups excluding carboxylic acids is 2. The van der Waals surface area contributed by atoms with Crippen molar-refractivity contribution in [1.29, 1.82) is 0 Å². The minimum Gasteiger partial charge on any atom is -0.406 e. The van der Waals surface area contributed by atoms with Gasteiger partial charge in [0.2, 0.25) is 5.91 Å². The molecule has 14 heteroatoms. The van der Waals surface area contributed by atoms with E-state index < -0.39 is 18.2 Å². The molecule has 1 fully saturated rings. The molecule has 0 bridgehead atoms. The molecule has 0 radical (unpaired) electrons. The van der Waals surface area contributed by atoms with Gasteiger partial charge in [0.1, 0.15) is 17.9 Å². The fourth-order valence-corrected chi connectivity index (χ4v) is 5.33. The van der Waals surface area contributed by atoms with Crippen LogP contribution in [0, 0.1) is 6.92 Å². The van der Waals surface area contributed by atoms with Gasteiger partial charge >= 0.3 is 12.4 Å². The predicted molar refractivity (Wildman–Crippen MR) is 164 cm³/mol. The second-order valence-corrected chi connectivity index (χ2v) is 10.8. The summed E-state index contributed by atoms with van der Waals surface area (Å²) in [6.45, 7) is 3.96. The van der Waals surface area contributed by atoms with E-state index in [1.54, 1.807) is 12.1 Å². The number of benzene rings is 3. The summed E-state index contributed by atoms with van der Waals surface area (Å²) in [7, 11) is 0. The molecular formula is C31H26F4N6O3S. The molecule has 0 atom stereocenters. The number of hydrogen-bond acceptors (Lipinski definition) is 6. The third-order valence-electron chi connectivity index (χ3n) is 6.53. The summed E-state index contributed by atoms with van der Waals surface area (Å²) in [5, 5.41) is 6.86. The second kappa shape index (κ2) is 13.3. The van der Waals surface area contributed by atoms with E-state index in [0.717, 1.165) is 54.1 Å². The predicted octanol–water partition coefficient (Wildman–Crippen LogP) is 7.21. The highest BCUT2D eigenvalue weighted by atomic mass is 32.2. The van der Waals surface area contributed by atoms with Crippen LogP contribution >= 0.6 is 11.8 Å². The number of aryl methyl sites for hydroxylation is 2. The molecule has 1 aromatic heterocycles. The molecule has 1 aliphatic heterocycles. The lowest BCUT2D eigenvalue weighted by Gasteiger charge is -2.20. The molecule has 4 aromatic rings. The number of ether oxygens (including phenoxy) is 1. The molecular weight excluding hydrogens is 612 g/mol. The number of urea groups is 1. The maximum atomic E-state index is 14.9. The number of anilines is 1. The van der Waals surface area contributed by atoms with Crippen LogP contribution in [0.3, 0.4) is 0 Å². The van der Waals surface area contributed by atoms with Gasteiger partial charge in [-0.25, -0.2) is 18.9 Å². The van der Waals surface area contributed by atoms with Gasteiger partial charge < -0.3 is 10.1 Å². The Hall–Kier alpha value is -4.98. The molecule has 0 spiro atoms. The van der Waals surface area contributed by atoms with Crippen LogP contribution < -0.4 is 15.0 Å². The van der Waals surface area contributed by atoms with Gasteiger partial charge in [-0.2, -0.15) is 4.99 Å². The fourth-order valence-electron chi connectivity index (χ4n) is 4.47. The lowest BCUT2D eigenvalue weighted by Crippen LogP contribution is -2.31. The first-order valence-corrected chi connectivity index (χ1v) is 14.7. The molecule has 45 heavy (non-hydrogen) atoms. The zero-order chi connectivity index (χ0) is 32.1. The zero-order valence-electron chi connectivity index (χ0n) is 24.0. The minimum atomic E-state index is -4.79. The molecule has 3 aromatic carbocycles. The zero-order valence-corrected chi connectivity index (χ0v) is 24.8. The topological polar surface area (TPSA) is 102 Å². The first-order valence-electron chi connectivity index (χ1n) is 13.7. The minimum absolute atomic E-state index is 0.137. The van der Waals surface area contributed by atoms with Gasteiger partial charge in [-0.05, 0) is 54.8 Å². The Morgan fingerprint density at radius 2 is 1.84 bits per heavy atom. The molecule has 1 N–H and O–H groups in total. The molecule has 0 saturated carbocycles. The van der Waals surface area contributed by atoms with Crippen molar-refractivity contribution in [1.82, 2.24) is 20.1 Å². The summed E-state index contributed by atoms with van der Waals surface area (Å²) in [5.74, 6) is -0.846. The summed E-state index contributed by atoms with van der Waals surface area (Å²) in [6, 6.07) is 16.2. The summed E-state index contributed by atoms with van der Waals surface area (Å²) in [6.07, 6.45) is -0.874. The van der Waals surface area contributed by atoms with Crippen LogP contribution in [0.2, 0.25) is 0 Å². The van der Waals surface area contributed by atoms with Crippen LogP contribution in [-0.2, 0) is 11.2 Å². The van der Waals surface area contributed by atoms with E-state index in [2.05, 4.69) is 25.1 Å². The monoisotopic (exact) mass is 638 g/mol. The fraction of sp³-hybridized carbons (Fsp3) is 0.194. The van der Waals surface area contributed by atoms with Crippen molar-refractivity contribution in [2.75, 3.05) is 10.7 Å². The van der Waals surface area contributed by atoms with Crippen molar-refractivity contribution in [2.24, 2.45) is 4.99 Å². The molecule has 5 rings (SSSR count). The maximum absolute atomic E-state index is 14.9. The number of hydrogen-bond donors (Lipinski definition) is 1. The summed E-state index contributed by atoms with van der Waals surface area (Å²) in [4.78, 5) is 35.0. The Bertz CT molecular complexity index is 1770. The summed E-state index contributed by atoms with van der Waals surface area (Å²) in [5.41, 5.74) is 3.80. The molecule has 1 saturated heterocycles. The molecule has 3 amide bonds. The normalized spacial score (nSPS) is 14.7. The highest BCUT2D eigenvalue weighted by molar-refractivity contribution is 8.15. The van der Waals surface area contributed by atoms with Crippen molar-refractivity contribution < 1.29 is 31.9 Å². The smallest absolute Gasteiger partial charge is 0.406 e. The Balaban J connectivity index is 1.24. The largest absolute Gasteiger partial charge is 0.573 e. The van der Waals surface area contributed by atoms with Crippen molar-refractivity contribution in [3.05, 3.63) is 95.9 Å². The van der Waals surface area contributed by atoms with Crippen LogP contribution in [0.1, 0.15) is 30.0 Å². The first-order chi connectivity index (χ1) is 21.5. The molecule has 2 heterocycles. The Morgan fingerprint density at radius 3 is 2.53 bits per heavy atom. The number of amides is 3. The lowest BCUT2D eigenvalue weighted by molar-refractivity contribution is -0.274. The van der Waals surface area contributed by atoms with Crippen LogP contribution in [0.4, 0.5) is 28.0 Å². The molecule has 232 valence electrons. The van der Waals surface area contributed by atoms with E-state index in [9.17, 15) is 27.2 Å². The van der Waals surface area contributed by atoms with Gasteiger partial charge in [0.25, 0.3) is 0 Å². The number of amidine groups is 1. The average Bonchev–Trinajstić information content (AvgIpc) is 3.64. The van der Waals surface area contributed by atoms with Crippen LogP contribution in [0.25, 0.3) is 22.9 Å². The molecule has 0 unspecified atom stereocenters.